The Morgan fingerprint density at radius 1 is 1.21 bits per heavy atom. The summed E-state index contributed by atoms with van der Waals surface area (Å²) in [4.78, 5) is 7.87. The number of rotatable bonds is 4. The zero-order valence-corrected chi connectivity index (χ0v) is 11.2. The predicted molar refractivity (Wildman–Crippen MR) is 71.2 cm³/mol. The summed E-state index contributed by atoms with van der Waals surface area (Å²) in [7, 11) is 0. The van der Waals surface area contributed by atoms with Gasteiger partial charge in [-0.05, 0) is 22.0 Å². The first kappa shape index (κ1) is 13.6. The van der Waals surface area contributed by atoms with Crippen LogP contribution in [0.2, 0.25) is 0 Å². The Balaban J connectivity index is 2.14. The molecular formula is C11H10BrF2N5. The van der Waals surface area contributed by atoms with Gasteiger partial charge in [0, 0.05) is 18.2 Å². The van der Waals surface area contributed by atoms with Crippen LogP contribution in [0.4, 0.5) is 20.4 Å². The minimum absolute atomic E-state index is 0.158. The third-order valence-corrected chi connectivity index (χ3v) is 3.14. The summed E-state index contributed by atoms with van der Waals surface area (Å²) in [5.41, 5.74) is 2.72. The van der Waals surface area contributed by atoms with Gasteiger partial charge >= 0.3 is 0 Å². The van der Waals surface area contributed by atoms with Gasteiger partial charge in [0.1, 0.15) is 28.3 Å². The van der Waals surface area contributed by atoms with Crippen molar-refractivity contribution in [3.8, 4) is 0 Å². The standard InChI is InChI=1S/C11H10BrF2N5/c12-9-10(17-5-18-11(9)19-15)16-4-6-1-2-7(13)3-8(6)14/h1-3,5H,4,15H2,(H2,16,17,18,19). The lowest BCUT2D eigenvalue weighted by Gasteiger charge is -2.10. The van der Waals surface area contributed by atoms with Crippen molar-refractivity contribution in [2.45, 2.75) is 6.54 Å². The molecule has 8 heteroatoms. The van der Waals surface area contributed by atoms with Crippen molar-refractivity contribution in [3.63, 3.8) is 0 Å². The quantitative estimate of drug-likeness (QED) is 0.593. The molecule has 0 unspecified atom stereocenters. The molecule has 0 saturated heterocycles. The lowest BCUT2D eigenvalue weighted by atomic mass is 10.2. The second kappa shape index (κ2) is 5.89. The van der Waals surface area contributed by atoms with Gasteiger partial charge in [0.05, 0.1) is 0 Å². The molecule has 2 aromatic rings. The number of nitrogen functional groups attached to an aromatic ring is 1. The van der Waals surface area contributed by atoms with Crippen LogP contribution < -0.4 is 16.6 Å². The van der Waals surface area contributed by atoms with Gasteiger partial charge in [0.25, 0.3) is 0 Å². The van der Waals surface area contributed by atoms with E-state index in [9.17, 15) is 8.78 Å². The van der Waals surface area contributed by atoms with E-state index in [1.165, 1.54) is 18.5 Å². The molecule has 5 nitrogen and oxygen atoms in total. The molecule has 0 fully saturated rings. The normalized spacial score (nSPS) is 10.3. The van der Waals surface area contributed by atoms with Crippen molar-refractivity contribution >= 4 is 27.6 Å². The van der Waals surface area contributed by atoms with E-state index in [1.54, 1.807) is 0 Å². The van der Waals surface area contributed by atoms with Gasteiger partial charge in [-0.2, -0.15) is 0 Å². The number of hydrazine groups is 1. The van der Waals surface area contributed by atoms with Crippen LogP contribution in [0.3, 0.4) is 0 Å². The third kappa shape index (κ3) is 3.15. The van der Waals surface area contributed by atoms with Gasteiger partial charge in [-0.1, -0.05) is 6.07 Å². The van der Waals surface area contributed by atoms with Gasteiger partial charge < -0.3 is 10.7 Å². The maximum Gasteiger partial charge on any atom is 0.159 e. The molecule has 2 rings (SSSR count). The summed E-state index contributed by atoms with van der Waals surface area (Å²) >= 11 is 3.26. The largest absolute Gasteiger partial charge is 0.365 e. The van der Waals surface area contributed by atoms with Gasteiger partial charge in [-0.25, -0.2) is 24.6 Å². The van der Waals surface area contributed by atoms with E-state index in [4.69, 9.17) is 5.84 Å². The van der Waals surface area contributed by atoms with Crippen LogP contribution in [-0.2, 0) is 6.54 Å². The van der Waals surface area contributed by atoms with Gasteiger partial charge in [-0.3, -0.25) is 0 Å². The maximum atomic E-state index is 13.4. The van der Waals surface area contributed by atoms with Crippen molar-refractivity contribution in [2.24, 2.45) is 5.84 Å². The maximum absolute atomic E-state index is 13.4. The van der Waals surface area contributed by atoms with E-state index in [0.29, 0.717) is 21.7 Å². The average molecular weight is 330 g/mol. The Morgan fingerprint density at radius 2 is 1.95 bits per heavy atom. The molecule has 4 N–H and O–H groups in total. The predicted octanol–water partition coefficient (Wildman–Crippen LogP) is 2.42. The molecule has 0 radical (unpaired) electrons. The number of anilines is 2. The number of aromatic nitrogens is 2. The van der Waals surface area contributed by atoms with Crippen LogP contribution in [0.5, 0.6) is 0 Å². The van der Waals surface area contributed by atoms with Crippen LogP contribution in [0.25, 0.3) is 0 Å². The SMILES string of the molecule is NNc1ncnc(NCc2ccc(F)cc2F)c1Br. The third-order valence-electron chi connectivity index (χ3n) is 2.39. The summed E-state index contributed by atoms with van der Waals surface area (Å²) in [6.07, 6.45) is 1.31. The van der Waals surface area contributed by atoms with E-state index < -0.39 is 11.6 Å². The fourth-order valence-corrected chi connectivity index (χ4v) is 1.90. The highest BCUT2D eigenvalue weighted by molar-refractivity contribution is 9.10. The summed E-state index contributed by atoms with van der Waals surface area (Å²) < 4.78 is 26.7. The molecule has 0 saturated carbocycles. The molecule has 1 heterocycles. The minimum atomic E-state index is -0.616. The van der Waals surface area contributed by atoms with Gasteiger partial charge in [-0.15, -0.1) is 0 Å². The Kier molecular flexibility index (Phi) is 4.23. The van der Waals surface area contributed by atoms with Gasteiger partial charge in [0.2, 0.25) is 0 Å². The second-order valence-corrected chi connectivity index (χ2v) is 4.41. The number of halogens is 3. The zero-order chi connectivity index (χ0) is 13.8. The number of nitrogens with two attached hydrogens (primary N) is 1. The molecule has 0 bridgehead atoms. The molecule has 1 aromatic carbocycles. The highest BCUT2D eigenvalue weighted by Gasteiger charge is 2.09. The topological polar surface area (TPSA) is 75.9 Å². The smallest absolute Gasteiger partial charge is 0.159 e. The fraction of sp³-hybridized carbons (Fsp3) is 0.0909. The molecule has 100 valence electrons. The fourth-order valence-electron chi connectivity index (χ4n) is 1.44. The molecule has 0 amide bonds. The second-order valence-electron chi connectivity index (χ2n) is 3.62. The summed E-state index contributed by atoms with van der Waals surface area (Å²) in [6.45, 7) is 0.158. The highest BCUT2D eigenvalue weighted by Crippen LogP contribution is 2.26. The Hall–Kier alpha value is -1.80. The van der Waals surface area contributed by atoms with Crippen LogP contribution >= 0.6 is 15.9 Å². The molecule has 19 heavy (non-hydrogen) atoms. The molecule has 0 atom stereocenters. The van der Waals surface area contributed by atoms with Crippen LogP contribution in [0.1, 0.15) is 5.56 Å². The molecule has 1 aromatic heterocycles. The minimum Gasteiger partial charge on any atom is -0.365 e. The number of benzene rings is 1. The molecule has 0 aliphatic heterocycles. The van der Waals surface area contributed by atoms with Crippen molar-refractivity contribution < 1.29 is 8.78 Å². The number of hydrogen-bond acceptors (Lipinski definition) is 5. The van der Waals surface area contributed by atoms with Crippen molar-refractivity contribution in [2.75, 3.05) is 10.7 Å². The molecule has 0 aliphatic carbocycles. The first-order valence-corrected chi connectivity index (χ1v) is 6.06. The Morgan fingerprint density at radius 3 is 2.63 bits per heavy atom. The Labute approximate surface area is 116 Å². The van der Waals surface area contributed by atoms with E-state index in [2.05, 4.69) is 36.6 Å². The van der Waals surface area contributed by atoms with E-state index in [1.807, 2.05) is 0 Å². The van der Waals surface area contributed by atoms with Crippen LogP contribution in [0, 0.1) is 11.6 Å². The number of nitrogens with zero attached hydrogens (tertiary/aromatic N) is 2. The molecule has 0 spiro atoms. The number of hydrogen-bond donors (Lipinski definition) is 3. The number of nitrogens with one attached hydrogen (secondary N) is 2. The van der Waals surface area contributed by atoms with Crippen molar-refractivity contribution in [3.05, 3.63) is 46.2 Å². The average Bonchev–Trinajstić information content (AvgIpc) is 2.39. The van der Waals surface area contributed by atoms with Crippen molar-refractivity contribution in [1.82, 2.24) is 9.97 Å². The molecular weight excluding hydrogens is 320 g/mol. The first-order valence-electron chi connectivity index (χ1n) is 5.26. The van der Waals surface area contributed by atoms with Crippen molar-refractivity contribution in [1.29, 1.82) is 0 Å². The lowest BCUT2D eigenvalue weighted by molar-refractivity contribution is 0.574. The van der Waals surface area contributed by atoms with E-state index >= 15 is 0 Å². The highest BCUT2D eigenvalue weighted by atomic mass is 79.9. The van der Waals surface area contributed by atoms with E-state index in [-0.39, 0.29) is 6.54 Å². The van der Waals surface area contributed by atoms with Crippen LogP contribution in [-0.4, -0.2) is 9.97 Å². The summed E-state index contributed by atoms with van der Waals surface area (Å²) in [5.74, 6) is 4.89. The lowest BCUT2D eigenvalue weighted by Crippen LogP contribution is -2.11. The van der Waals surface area contributed by atoms with Crippen LogP contribution in [0.15, 0.2) is 29.0 Å². The van der Waals surface area contributed by atoms with E-state index in [0.717, 1.165) is 6.07 Å². The first-order chi connectivity index (χ1) is 9.11. The zero-order valence-electron chi connectivity index (χ0n) is 9.62. The summed E-state index contributed by atoms with van der Waals surface area (Å²) in [5, 5.41) is 2.91. The van der Waals surface area contributed by atoms with Gasteiger partial charge in [0.15, 0.2) is 5.82 Å². The summed E-state index contributed by atoms with van der Waals surface area (Å²) in [6, 6.07) is 3.40. The monoisotopic (exact) mass is 329 g/mol. The molecule has 0 aliphatic rings. The Bertz CT molecular complexity index is 593.